The maximum atomic E-state index is 10.1. The summed E-state index contributed by atoms with van der Waals surface area (Å²) in [6.07, 6.45) is 1.93. The first kappa shape index (κ1) is 15.0. The Bertz CT molecular complexity index is 598. The van der Waals surface area contributed by atoms with Gasteiger partial charge in [0.1, 0.15) is 0 Å². The Morgan fingerprint density at radius 3 is 2.68 bits per heavy atom. The number of aryl methyl sites for hydroxylation is 1. The number of benzene rings is 1. The predicted molar refractivity (Wildman–Crippen MR) is 82.2 cm³/mol. The molecule has 2 N–H and O–H groups in total. The molecule has 0 bridgehead atoms. The van der Waals surface area contributed by atoms with Crippen LogP contribution in [0.4, 0.5) is 0 Å². The van der Waals surface area contributed by atoms with Crippen LogP contribution in [0.3, 0.4) is 0 Å². The summed E-state index contributed by atoms with van der Waals surface area (Å²) < 4.78 is 3.46. The highest BCUT2D eigenvalue weighted by Gasteiger charge is 2.25. The Hall–Kier alpha value is -0.430. The van der Waals surface area contributed by atoms with Gasteiger partial charge in [0.15, 0.2) is 0 Å². The minimum absolute atomic E-state index is 0.0992. The molecule has 0 fully saturated rings. The van der Waals surface area contributed by atoms with Gasteiger partial charge in [0.2, 0.25) is 0 Å². The van der Waals surface area contributed by atoms with E-state index in [2.05, 4.69) is 37.0 Å². The van der Waals surface area contributed by atoms with Crippen LogP contribution in [0.5, 0.6) is 0 Å². The molecule has 0 radical (unpaired) electrons. The van der Waals surface area contributed by atoms with E-state index >= 15 is 0 Å². The maximum absolute atomic E-state index is 10.1. The molecule has 0 saturated heterocycles. The second-order valence-electron chi connectivity index (χ2n) is 4.59. The Morgan fingerprint density at radius 1 is 1.42 bits per heavy atom. The molecule has 4 nitrogen and oxygen atoms in total. The van der Waals surface area contributed by atoms with Gasteiger partial charge in [0, 0.05) is 33.5 Å². The second kappa shape index (κ2) is 5.91. The quantitative estimate of drug-likeness (QED) is 0.842. The molecule has 1 aromatic heterocycles. The molecule has 19 heavy (non-hydrogen) atoms. The van der Waals surface area contributed by atoms with Gasteiger partial charge in [-0.05, 0) is 34.0 Å². The smallest absolute Gasteiger partial charge is 0.0946 e. The molecule has 1 heterocycles. The first-order chi connectivity index (χ1) is 8.99. The van der Waals surface area contributed by atoms with Gasteiger partial charge in [-0.2, -0.15) is 5.10 Å². The first-order valence-corrected chi connectivity index (χ1v) is 7.68. The average Bonchev–Trinajstić information content (AvgIpc) is 2.74. The lowest BCUT2D eigenvalue weighted by atomic mass is 9.92. The number of halogens is 2. The minimum Gasteiger partial charge on any atom is -0.396 e. The highest BCUT2D eigenvalue weighted by Crippen LogP contribution is 2.39. The van der Waals surface area contributed by atoms with Gasteiger partial charge >= 0.3 is 0 Å². The highest BCUT2D eigenvalue weighted by atomic mass is 79.9. The van der Waals surface area contributed by atoms with Crippen molar-refractivity contribution in [1.29, 1.82) is 0 Å². The summed E-state index contributed by atoms with van der Waals surface area (Å²) in [6, 6.07) is 1.92. The molecular weight excluding hydrogens is 376 g/mol. The maximum Gasteiger partial charge on any atom is 0.0946 e. The van der Waals surface area contributed by atoms with Crippen molar-refractivity contribution < 1.29 is 10.2 Å². The predicted octanol–water partition coefficient (Wildman–Crippen LogP) is 2.95. The monoisotopic (exact) mass is 390 g/mol. The van der Waals surface area contributed by atoms with Crippen LogP contribution in [0.25, 0.3) is 10.9 Å². The van der Waals surface area contributed by atoms with Gasteiger partial charge in [-0.25, -0.2) is 0 Å². The van der Waals surface area contributed by atoms with Gasteiger partial charge in [-0.3, -0.25) is 4.68 Å². The summed E-state index contributed by atoms with van der Waals surface area (Å²) in [5.74, 6) is -0.321. The van der Waals surface area contributed by atoms with Crippen molar-refractivity contribution in [2.24, 2.45) is 7.05 Å². The molecule has 2 rings (SSSR count). The summed E-state index contributed by atoms with van der Waals surface area (Å²) in [5.41, 5.74) is 1.75. The molecule has 104 valence electrons. The van der Waals surface area contributed by atoms with Crippen LogP contribution in [0, 0.1) is 0 Å². The molecule has 2 unspecified atom stereocenters. The van der Waals surface area contributed by atoms with E-state index in [1.165, 1.54) is 0 Å². The zero-order valence-corrected chi connectivity index (χ0v) is 13.9. The van der Waals surface area contributed by atoms with Crippen molar-refractivity contribution in [3.63, 3.8) is 0 Å². The van der Waals surface area contributed by atoms with Crippen molar-refractivity contribution in [3.05, 3.63) is 26.8 Å². The topological polar surface area (TPSA) is 58.3 Å². The van der Waals surface area contributed by atoms with E-state index in [-0.39, 0.29) is 12.5 Å². The largest absolute Gasteiger partial charge is 0.396 e. The van der Waals surface area contributed by atoms with Crippen LogP contribution >= 0.6 is 31.9 Å². The molecule has 0 spiro atoms. The number of nitrogens with zero attached hydrogens (tertiary/aromatic N) is 2. The molecule has 1 aromatic carbocycles. The fourth-order valence-corrected chi connectivity index (χ4v) is 4.05. The number of fused-ring (bicyclic) bond motifs is 1. The number of aliphatic hydroxyl groups excluding tert-OH is 2. The number of hydrogen-bond acceptors (Lipinski definition) is 3. The summed E-state index contributed by atoms with van der Waals surface area (Å²) in [6.45, 7) is 1.80. The average molecular weight is 392 g/mol. The van der Waals surface area contributed by atoms with Crippen LogP contribution in [-0.2, 0) is 7.05 Å². The van der Waals surface area contributed by atoms with Crippen molar-refractivity contribution >= 4 is 42.8 Å². The van der Waals surface area contributed by atoms with Crippen molar-refractivity contribution in [2.75, 3.05) is 6.61 Å². The van der Waals surface area contributed by atoms with E-state index < -0.39 is 6.10 Å². The summed E-state index contributed by atoms with van der Waals surface area (Å²) in [7, 11) is 1.87. The van der Waals surface area contributed by atoms with E-state index in [1.54, 1.807) is 4.68 Å². The van der Waals surface area contributed by atoms with E-state index in [0.717, 1.165) is 25.4 Å². The fraction of sp³-hybridized carbons (Fsp3) is 0.462. The SMILES string of the molecule is CCC(O)C(CO)c1c(Br)cc2nn(C)cc2c1Br. The van der Waals surface area contributed by atoms with Gasteiger partial charge in [-0.1, -0.05) is 22.9 Å². The molecule has 6 heteroatoms. The third-order valence-corrected chi connectivity index (χ3v) is 4.81. The number of rotatable bonds is 4. The Morgan fingerprint density at radius 2 is 2.11 bits per heavy atom. The van der Waals surface area contributed by atoms with Crippen LogP contribution in [0.1, 0.15) is 24.8 Å². The normalized spacial score (nSPS) is 14.8. The van der Waals surface area contributed by atoms with E-state index in [4.69, 9.17) is 0 Å². The van der Waals surface area contributed by atoms with E-state index in [0.29, 0.717) is 6.42 Å². The van der Waals surface area contributed by atoms with E-state index in [1.807, 2.05) is 26.2 Å². The minimum atomic E-state index is -0.577. The summed E-state index contributed by atoms with van der Waals surface area (Å²) >= 11 is 7.09. The molecule has 2 aromatic rings. The second-order valence-corrected chi connectivity index (χ2v) is 6.23. The standard InChI is InChI=1S/C13H16Br2N2O2/c1-3-11(19)8(6-18)12-9(14)4-10-7(13(12)15)5-17(2)16-10/h4-5,8,11,18-19H,3,6H2,1-2H3. The van der Waals surface area contributed by atoms with E-state index in [9.17, 15) is 10.2 Å². The van der Waals surface area contributed by atoms with Gasteiger partial charge in [0.05, 0.1) is 18.2 Å². The number of hydrogen-bond donors (Lipinski definition) is 2. The van der Waals surface area contributed by atoms with Crippen molar-refractivity contribution in [3.8, 4) is 0 Å². The molecule has 0 saturated carbocycles. The molecule has 2 atom stereocenters. The number of aromatic nitrogens is 2. The first-order valence-electron chi connectivity index (χ1n) is 6.09. The zero-order chi connectivity index (χ0) is 14.2. The van der Waals surface area contributed by atoms with Crippen molar-refractivity contribution in [2.45, 2.75) is 25.4 Å². The summed E-state index contributed by atoms with van der Waals surface area (Å²) in [4.78, 5) is 0. The van der Waals surface area contributed by atoms with Crippen LogP contribution in [0.2, 0.25) is 0 Å². The van der Waals surface area contributed by atoms with Crippen LogP contribution < -0.4 is 0 Å². The van der Waals surface area contributed by atoms with Crippen LogP contribution in [-0.4, -0.2) is 32.7 Å². The molecule has 0 aliphatic carbocycles. The van der Waals surface area contributed by atoms with Crippen molar-refractivity contribution in [1.82, 2.24) is 9.78 Å². The molecule has 0 aliphatic rings. The highest BCUT2D eigenvalue weighted by molar-refractivity contribution is 9.11. The fourth-order valence-electron chi connectivity index (χ4n) is 2.26. The molecule has 0 aliphatic heterocycles. The number of aliphatic hydroxyl groups is 2. The summed E-state index contributed by atoms with van der Waals surface area (Å²) in [5, 5.41) is 25.0. The van der Waals surface area contributed by atoms with Gasteiger partial charge in [-0.15, -0.1) is 0 Å². The van der Waals surface area contributed by atoms with Gasteiger partial charge in [0.25, 0.3) is 0 Å². The zero-order valence-electron chi connectivity index (χ0n) is 10.8. The van der Waals surface area contributed by atoms with Gasteiger partial charge < -0.3 is 10.2 Å². The Kier molecular flexibility index (Phi) is 4.66. The van der Waals surface area contributed by atoms with Crippen LogP contribution in [0.15, 0.2) is 21.2 Å². The lowest BCUT2D eigenvalue weighted by molar-refractivity contribution is 0.103. The Labute approximate surface area is 128 Å². The lowest BCUT2D eigenvalue weighted by Gasteiger charge is -2.23. The lowest BCUT2D eigenvalue weighted by Crippen LogP contribution is -2.21. The molecular formula is C13H16Br2N2O2. The molecule has 0 amide bonds. The third-order valence-electron chi connectivity index (χ3n) is 3.30. The third kappa shape index (κ3) is 2.72. The Balaban J connectivity index is 2.64.